The number of hydrogen-bond acceptors (Lipinski definition) is 4. The zero-order valence-corrected chi connectivity index (χ0v) is 20.3. The number of furan rings is 1. The first-order valence-corrected chi connectivity index (χ1v) is 13.1. The molecule has 3 aromatic heterocycles. The minimum absolute atomic E-state index is 0.652. The monoisotopic (exact) mass is 491 g/mol. The van der Waals surface area contributed by atoms with Crippen molar-refractivity contribution in [3.63, 3.8) is 0 Å². The normalized spacial score (nSPS) is 12.8. The maximum Gasteiger partial charge on any atom is 0.236 e. The summed E-state index contributed by atoms with van der Waals surface area (Å²) in [5.74, 6) is 0.652. The lowest BCUT2D eigenvalue weighted by Crippen LogP contribution is -2.02. The molecule has 1 aliphatic rings. The number of aromatic nitrogens is 3. The molecule has 5 aromatic carbocycles. The second-order valence-corrected chi connectivity index (χ2v) is 10.5. The molecular formula is C32H17N3OS. The lowest BCUT2D eigenvalue weighted by molar-refractivity contribution is 0.666. The molecule has 1 aliphatic heterocycles. The maximum absolute atomic E-state index is 6.33. The second kappa shape index (κ2) is 6.99. The van der Waals surface area contributed by atoms with Crippen molar-refractivity contribution >= 4 is 66.4 Å². The lowest BCUT2D eigenvalue weighted by atomic mass is 10.0. The van der Waals surface area contributed by atoms with Crippen molar-refractivity contribution in [2.75, 3.05) is 0 Å². The SMILES string of the molecule is c1ccc(-c2nc(-n3c4cccc5c4c4c6c(cccc6ccc43)S5)nc3c2oc2ccccc23)cc1. The molecule has 0 aliphatic carbocycles. The third-order valence-electron chi connectivity index (χ3n) is 7.40. The summed E-state index contributed by atoms with van der Waals surface area (Å²) in [4.78, 5) is 12.9. The highest BCUT2D eigenvalue weighted by molar-refractivity contribution is 8.00. The third-order valence-corrected chi connectivity index (χ3v) is 8.52. The van der Waals surface area contributed by atoms with E-state index in [2.05, 4.69) is 71.3 Å². The average Bonchev–Trinajstić information content (AvgIpc) is 3.50. The summed E-state index contributed by atoms with van der Waals surface area (Å²) in [6, 6.07) is 35.8. The van der Waals surface area contributed by atoms with Crippen molar-refractivity contribution < 1.29 is 4.42 Å². The number of nitrogens with zero attached hydrogens (tertiary/aromatic N) is 3. The van der Waals surface area contributed by atoms with Gasteiger partial charge in [0.2, 0.25) is 5.95 Å². The molecule has 0 N–H and O–H groups in total. The van der Waals surface area contributed by atoms with Gasteiger partial charge in [0.05, 0.1) is 11.0 Å². The highest BCUT2D eigenvalue weighted by Crippen LogP contribution is 2.49. The zero-order chi connectivity index (χ0) is 24.1. The van der Waals surface area contributed by atoms with Crippen LogP contribution in [0, 0.1) is 0 Å². The molecule has 9 rings (SSSR count). The van der Waals surface area contributed by atoms with Gasteiger partial charge in [-0.2, -0.15) is 0 Å². The van der Waals surface area contributed by atoms with Crippen LogP contribution in [0.4, 0.5) is 0 Å². The minimum atomic E-state index is 0.652. The summed E-state index contributed by atoms with van der Waals surface area (Å²) in [5, 5.41) is 6.11. The van der Waals surface area contributed by atoms with E-state index in [1.807, 2.05) is 48.2 Å². The molecule has 5 heteroatoms. The Kier molecular flexibility index (Phi) is 3.70. The molecule has 0 bridgehead atoms. The van der Waals surface area contributed by atoms with Gasteiger partial charge in [-0.3, -0.25) is 4.57 Å². The Morgan fingerprint density at radius 3 is 2.32 bits per heavy atom. The van der Waals surface area contributed by atoms with Crippen LogP contribution >= 0.6 is 11.8 Å². The van der Waals surface area contributed by atoms with Gasteiger partial charge < -0.3 is 4.42 Å². The fraction of sp³-hybridized carbons (Fsp3) is 0. The van der Waals surface area contributed by atoms with Gasteiger partial charge >= 0.3 is 0 Å². The molecule has 0 atom stereocenters. The van der Waals surface area contributed by atoms with Gasteiger partial charge in [-0.15, -0.1) is 0 Å². The first-order valence-electron chi connectivity index (χ1n) is 12.3. The van der Waals surface area contributed by atoms with Crippen LogP contribution in [0.5, 0.6) is 0 Å². The molecule has 0 saturated carbocycles. The van der Waals surface area contributed by atoms with E-state index in [9.17, 15) is 0 Å². The van der Waals surface area contributed by atoms with Crippen LogP contribution in [-0.4, -0.2) is 14.5 Å². The summed E-state index contributed by atoms with van der Waals surface area (Å²) >= 11 is 1.84. The first kappa shape index (κ1) is 19.6. The molecule has 0 radical (unpaired) electrons. The van der Waals surface area contributed by atoms with Crippen molar-refractivity contribution in [2.24, 2.45) is 0 Å². The molecule has 0 saturated heterocycles. The second-order valence-electron chi connectivity index (χ2n) is 9.42. The standard InChI is InChI=1S/C32H17N3OS/c1-2-8-19(9-3-1)29-31-30(20-11-4-5-13-23(20)36-31)34-32(33-29)35-21-12-7-15-25-27(21)28-22(35)17-16-18-10-6-14-24(37-25)26(18)28/h1-17H. The van der Waals surface area contributed by atoms with Crippen LogP contribution in [0.2, 0.25) is 0 Å². The molecule has 37 heavy (non-hydrogen) atoms. The molecule has 172 valence electrons. The fourth-order valence-electron chi connectivity index (χ4n) is 5.84. The van der Waals surface area contributed by atoms with Crippen LogP contribution in [0.1, 0.15) is 0 Å². The number of hydrogen-bond donors (Lipinski definition) is 0. The molecule has 0 unspecified atom stereocenters. The van der Waals surface area contributed by atoms with E-state index in [1.54, 1.807) is 0 Å². The van der Waals surface area contributed by atoms with Crippen molar-refractivity contribution in [1.29, 1.82) is 0 Å². The van der Waals surface area contributed by atoms with E-state index in [0.717, 1.165) is 38.8 Å². The van der Waals surface area contributed by atoms with Gasteiger partial charge in [-0.25, -0.2) is 9.97 Å². The van der Waals surface area contributed by atoms with Crippen LogP contribution in [-0.2, 0) is 0 Å². The molecule has 0 fully saturated rings. The quantitative estimate of drug-likeness (QED) is 0.242. The van der Waals surface area contributed by atoms with E-state index >= 15 is 0 Å². The first-order chi connectivity index (χ1) is 18.3. The predicted molar refractivity (Wildman–Crippen MR) is 151 cm³/mol. The van der Waals surface area contributed by atoms with E-state index in [1.165, 1.54) is 31.3 Å². The number of para-hydroxylation sites is 1. The topological polar surface area (TPSA) is 43.9 Å². The molecule has 4 nitrogen and oxygen atoms in total. The number of fused-ring (bicyclic) bond motifs is 3. The fourth-order valence-corrected chi connectivity index (χ4v) is 7.00. The van der Waals surface area contributed by atoms with E-state index in [0.29, 0.717) is 11.5 Å². The van der Waals surface area contributed by atoms with Gasteiger partial charge in [0.15, 0.2) is 5.58 Å². The molecule has 0 spiro atoms. The average molecular weight is 492 g/mol. The largest absolute Gasteiger partial charge is 0.452 e. The smallest absolute Gasteiger partial charge is 0.236 e. The number of benzene rings is 5. The Morgan fingerprint density at radius 2 is 1.41 bits per heavy atom. The van der Waals surface area contributed by atoms with Crippen LogP contribution in [0.3, 0.4) is 0 Å². The van der Waals surface area contributed by atoms with Gasteiger partial charge in [0, 0.05) is 36.9 Å². The minimum Gasteiger partial charge on any atom is -0.452 e. The Balaban J connectivity index is 1.48. The molecule has 8 aromatic rings. The summed E-state index contributed by atoms with van der Waals surface area (Å²) < 4.78 is 8.56. The van der Waals surface area contributed by atoms with Crippen molar-refractivity contribution in [1.82, 2.24) is 14.5 Å². The van der Waals surface area contributed by atoms with Crippen LogP contribution in [0.15, 0.2) is 117 Å². The molecule has 0 amide bonds. The number of rotatable bonds is 2. The summed E-state index contributed by atoms with van der Waals surface area (Å²) in [6.45, 7) is 0. The van der Waals surface area contributed by atoms with E-state index in [4.69, 9.17) is 14.4 Å². The third kappa shape index (κ3) is 2.54. The molecule has 4 heterocycles. The summed E-state index contributed by atoms with van der Waals surface area (Å²) in [6.07, 6.45) is 0. The zero-order valence-electron chi connectivity index (χ0n) is 19.5. The van der Waals surface area contributed by atoms with Crippen molar-refractivity contribution in [3.8, 4) is 17.2 Å². The van der Waals surface area contributed by atoms with Crippen molar-refractivity contribution in [3.05, 3.63) is 103 Å². The lowest BCUT2D eigenvalue weighted by Gasteiger charge is -2.14. The maximum atomic E-state index is 6.33. The highest BCUT2D eigenvalue weighted by atomic mass is 32.2. The summed E-state index contributed by atoms with van der Waals surface area (Å²) in [5.41, 5.74) is 6.40. The predicted octanol–water partition coefficient (Wildman–Crippen LogP) is 8.76. The Bertz CT molecular complexity index is 2230. The molecular weight excluding hydrogens is 474 g/mol. The van der Waals surface area contributed by atoms with Crippen LogP contribution in [0.25, 0.3) is 71.9 Å². The van der Waals surface area contributed by atoms with E-state index < -0.39 is 0 Å². The van der Waals surface area contributed by atoms with Gasteiger partial charge in [0.25, 0.3) is 0 Å². The van der Waals surface area contributed by atoms with Crippen LogP contribution < -0.4 is 0 Å². The highest BCUT2D eigenvalue weighted by Gasteiger charge is 2.25. The van der Waals surface area contributed by atoms with Gasteiger partial charge in [-0.05, 0) is 41.8 Å². The Hall–Kier alpha value is -4.61. The van der Waals surface area contributed by atoms with Gasteiger partial charge in [-0.1, -0.05) is 78.5 Å². The summed E-state index contributed by atoms with van der Waals surface area (Å²) in [7, 11) is 0. The Morgan fingerprint density at radius 1 is 0.622 bits per heavy atom. The van der Waals surface area contributed by atoms with Gasteiger partial charge in [0.1, 0.15) is 16.8 Å². The van der Waals surface area contributed by atoms with E-state index in [-0.39, 0.29) is 0 Å². The van der Waals surface area contributed by atoms with Crippen molar-refractivity contribution in [2.45, 2.75) is 9.79 Å². The Labute approximate surface area is 215 Å².